The van der Waals surface area contributed by atoms with E-state index in [4.69, 9.17) is 6.42 Å². The number of rotatable bonds is 2. The second kappa shape index (κ2) is 3.48. The van der Waals surface area contributed by atoms with Gasteiger partial charge in [0, 0.05) is 6.42 Å². The minimum atomic E-state index is 0.0331. The molecule has 1 N–H and O–H groups in total. The highest BCUT2D eigenvalue weighted by Crippen LogP contribution is 2.38. The highest BCUT2D eigenvalue weighted by molar-refractivity contribution is 5.39. The minimum Gasteiger partial charge on any atom is -0.310 e. The fourth-order valence-electron chi connectivity index (χ4n) is 2.39. The molecule has 0 saturated carbocycles. The second-order valence-corrected chi connectivity index (χ2v) is 3.87. The molecule has 1 nitrogen and oxygen atoms in total. The molecule has 1 aliphatic rings. The van der Waals surface area contributed by atoms with E-state index < -0.39 is 0 Å². The number of nitrogens with one attached hydrogen (secondary N) is 1. The van der Waals surface area contributed by atoms with E-state index in [2.05, 4.69) is 35.5 Å². The molecule has 72 valence electrons. The van der Waals surface area contributed by atoms with Crippen LogP contribution in [0.5, 0.6) is 0 Å². The maximum Gasteiger partial charge on any atom is 0.0548 e. The summed E-state index contributed by atoms with van der Waals surface area (Å²) in [6.07, 6.45) is 8.47. The van der Waals surface area contributed by atoms with E-state index >= 15 is 0 Å². The maximum absolute atomic E-state index is 5.44. The Kier molecular flexibility index (Phi) is 2.31. The van der Waals surface area contributed by atoms with Crippen LogP contribution < -0.4 is 5.32 Å². The highest BCUT2D eigenvalue weighted by atomic mass is 14.9. The quantitative estimate of drug-likeness (QED) is 0.695. The molecule has 1 aromatic carbocycles. The normalized spacial score (nSPS) is 24.3. The molecule has 1 heteroatoms. The summed E-state index contributed by atoms with van der Waals surface area (Å²) >= 11 is 0. The standard InChI is InChI=1S/C13H15N/c1-3-9-13(14-2)10-8-11-6-4-5-7-12(11)13/h1,4-7,14H,8-10H2,2H3. The van der Waals surface area contributed by atoms with Gasteiger partial charge < -0.3 is 5.32 Å². The third-order valence-corrected chi connectivity index (χ3v) is 3.24. The average Bonchev–Trinajstić information content (AvgIpc) is 2.59. The first-order valence-corrected chi connectivity index (χ1v) is 5.03. The van der Waals surface area contributed by atoms with E-state index in [9.17, 15) is 0 Å². The third kappa shape index (κ3) is 1.23. The topological polar surface area (TPSA) is 12.0 Å². The summed E-state index contributed by atoms with van der Waals surface area (Å²) in [7, 11) is 2.00. The van der Waals surface area contributed by atoms with Crippen LogP contribution in [0.25, 0.3) is 0 Å². The van der Waals surface area contributed by atoms with Crippen LogP contribution >= 0.6 is 0 Å². The summed E-state index contributed by atoms with van der Waals surface area (Å²) in [6.45, 7) is 0. The Bertz CT molecular complexity index is 375. The molecule has 0 bridgehead atoms. The molecule has 0 aromatic heterocycles. The fourth-order valence-corrected chi connectivity index (χ4v) is 2.39. The van der Waals surface area contributed by atoms with Gasteiger partial charge in [-0.25, -0.2) is 0 Å². The van der Waals surface area contributed by atoms with Gasteiger partial charge in [-0.3, -0.25) is 0 Å². The van der Waals surface area contributed by atoms with Crippen molar-refractivity contribution in [1.29, 1.82) is 0 Å². The van der Waals surface area contributed by atoms with Gasteiger partial charge in [-0.05, 0) is 31.0 Å². The Hall–Kier alpha value is -1.26. The molecule has 2 rings (SSSR count). The highest BCUT2D eigenvalue weighted by Gasteiger charge is 2.35. The van der Waals surface area contributed by atoms with Crippen molar-refractivity contribution in [1.82, 2.24) is 5.32 Å². The molecular formula is C13H15N. The molecule has 1 aromatic rings. The lowest BCUT2D eigenvalue weighted by molar-refractivity contribution is 0.368. The maximum atomic E-state index is 5.44. The number of fused-ring (bicyclic) bond motifs is 1. The lowest BCUT2D eigenvalue weighted by Gasteiger charge is -2.27. The Labute approximate surface area is 85.5 Å². The molecule has 0 amide bonds. The minimum absolute atomic E-state index is 0.0331. The van der Waals surface area contributed by atoms with E-state index in [0.29, 0.717) is 0 Å². The van der Waals surface area contributed by atoms with Gasteiger partial charge in [-0.2, -0.15) is 0 Å². The average molecular weight is 185 g/mol. The first kappa shape index (κ1) is 9.30. The number of benzene rings is 1. The molecule has 1 atom stereocenters. The lowest BCUT2D eigenvalue weighted by atomic mass is 9.89. The zero-order valence-corrected chi connectivity index (χ0v) is 8.51. The van der Waals surface area contributed by atoms with Crippen molar-refractivity contribution < 1.29 is 0 Å². The van der Waals surface area contributed by atoms with Crippen molar-refractivity contribution in [2.75, 3.05) is 7.05 Å². The van der Waals surface area contributed by atoms with Crippen molar-refractivity contribution >= 4 is 0 Å². The Morgan fingerprint density at radius 1 is 1.50 bits per heavy atom. The smallest absolute Gasteiger partial charge is 0.0548 e. The summed E-state index contributed by atoms with van der Waals surface area (Å²) in [5.74, 6) is 2.78. The first-order chi connectivity index (χ1) is 6.82. The van der Waals surface area contributed by atoms with Crippen molar-refractivity contribution in [3.63, 3.8) is 0 Å². The first-order valence-electron chi connectivity index (χ1n) is 5.03. The van der Waals surface area contributed by atoms with Crippen LogP contribution in [-0.4, -0.2) is 7.05 Å². The number of aryl methyl sites for hydroxylation is 1. The second-order valence-electron chi connectivity index (χ2n) is 3.87. The summed E-state index contributed by atoms with van der Waals surface area (Å²) in [5.41, 5.74) is 2.86. The fraction of sp³-hybridized carbons (Fsp3) is 0.385. The molecule has 14 heavy (non-hydrogen) atoms. The van der Waals surface area contributed by atoms with Gasteiger partial charge in [-0.15, -0.1) is 12.3 Å². The summed E-state index contributed by atoms with van der Waals surface area (Å²) in [5, 5.41) is 3.39. The van der Waals surface area contributed by atoms with Gasteiger partial charge in [0.15, 0.2) is 0 Å². The molecule has 0 fully saturated rings. The zero-order chi connectivity index (χ0) is 10.0. The van der Waals surface area contributed by atoms with Crippen LogP contribution in [0, 0.1) is 12.3 Å². The molecule has 0 spiro atoms. The Balaban J connectivity index is 2.45. The van der Waals surface area contributed by atoms with E-state index in [1.54, 1.807) is 0 Å². The molecular weight excluding hydrogens is 170 g/mol. The summed E-state index contributed by atoms with van der Waals surface area (Å²) in [6, 6.07) is 8.58. The molecule has 0 saturated heterocycles. The predicted octanol–water partition coefficient (Wildman–Crippen LogP) is 2.07. The number of hydrogen-bond acceptors (Lipinski definition) is 1. The third-order valence-electron chi connectivity index (χ3n) is 3.24. The summed E-state index contributed by atoms with van der Waals surface area (Å²) < 4.78 is 0. The van der Waals surface area contributed by atoms with Crippen LogP contribution in [0.4, 0.5) is 0 Å². The monoisotopic (exact) mass is 185 g/mol. The molecule has 1 aliphatic carbocycles. The van der Waals surface area contributed by atoms with Gasteiger partial charge in [0.05, 0.1) is 5.54 Å². The lowest BCUT2D eigenvalue weighted by Crippen LogP contribution is -2.37. The van der Waals surface area contributed by atoms with Crippen LogP contribution in [0.1, 0.15) is 24.0 Å². The number of terminal acetylenes is 1. The summed E-state index contributed by atoms with van der Waals surface area (Å²) in [4.78, 5) is 0. The van der Waals surface area contributed by atoms with E-state index in [1.165, 1.54) is 11.1 Å². The number of hydrogen-bond donors (Lipinski definition) is 1. The van der Waals surface area contributed by atoms with Gasteiger partial charge in [-0.1, -0.05) is 24.3 Å². The van der Waals surface area contributed by atoms with Crippen LogP contribution in [0.2, 0.25) is 0 Å². The van der Waals surface area contributed by atoms with Crippen molar-refractivity contribution in [2.45, 2.75) is 24.8 Å². The van der Waals surface area contributed by atoms with E-state index in [-0.39, 0.29) is 5.54 Å². The molecule has 0 radical (unpaired) electrons. The van der Waals surface area contributed by atoms with Crippen LogP contribution in [-0.2, 0) is 12.0 Å². The van der Waals surface area contributed by atoms with Gasteiger partial charge >= 0.3 is 0 Å². The Morgan fingerprint density at radius 2 is 2.29 bits per heavy atom. The Morgan fingerprint density at radius 3 is 3.00 bits per heavy atom. The van der Waals surface area contributed by atoms with Crippen molar-refractivity contribution in [3.8, 4) is 12.3 Å². The molecule has 0 heterocycles. The van der Waals surface area contributed by atoms with Crippen LogP contribution in [0.3, 0.4) is 0 Å². The van der Waals surface area contributed by atoms with Gasteiger partial charge in [0.2, 0.25) is 0 Å². The molecule has 1 unspecified atom stereocenters. The predicted molar refractivity (Wildman–Crippen MR) is 59.0 cm³/mol. The largest absolute Gasteiger partial charge is 0.310 e. The van der Waals surface area contributed by atoms with Gasteiger partial charge in [0.25, 0.3) is 0 Å². The zero-order valence-electron chi connectivity index (χ0n) is 8.51. The van der Waals surface area contributed by atoms with Gasteiger partial charge in [0.1, 0.15) is 0 Å². The van der Waals surface area contributed by atoms with E-state index in [1.807, 2.05) is 7.05 Å². The van der Waals surface area contributed by atoms with Crippen molar-refractivity contribution in [3.05, 3.63) is 35.4 Å². The van der Waals surface area contributed by atoms with Crippen LogP contribution in [0.15, 0.2) is 24.3 Å². The van der Waals surface area contributed by atoms with E-state index in [0.717, 1.165) is 19.3 Å². The SMILES string of the molecule is C#CCC1(NC)CCc2ccccc21. The van der Waals surface area contributed by atoms with Crippen molar-refractivity contribution in [2.24, 2.45) is 0 Å². The molecule has 0 aliphatic heterocycles.